The molecule has 0 aliphatic carbocycles. The van der Waals surface area contributed by atoms with E-state index in [2.05, 4.69) is 0 Å². The fourth-order valence-electron chi connectivity index (χ4n) is 1.32. The monoisotopic (exact) mass is 254 g/mol. The number of esters is 1. The molecule has 3 nitrogen and oxygen atoms in total. The quantitative estimate of drug-likeness (QED) is 0.598. The van der Waals surface area contributed by atoms with Gasteiger partial charge in [-0.15, -0.1) is 0 Å². The van der Waals surface area contributed by atoms with Gasteiger partial charge in [0.1, 0.15) is 0 Å². The predicted molar refractivity (Wildman–Crippen MR) is 66.2 cm³/mol. The fourth-order valence-corrected chi connectivity index (χ4v) is 1.44. The van der Waals surface area contributed by atoms with Crippen molar-refractivity contribution in [2.75, 3.05) is 0 Å². The van der Waals surface area contributed by atoms with Crippen molar-refractivity contribution in [2.45, 2.75) is 32.8 Å². The van der Waals surface area contributed by atoms with E-state index in [9.17, 15) is 9.59 Å². The molecule has 1 rings (SSSR count). The first-order valence-electron chi connectivity index (χ1n) is 5.47. The van der Waals surface area contributed by atoms with Crippen molar-refractivity contribution in [1.82, 2.24) is 0 Å². The van der Waals surface area contributed by atoms with Crippen molar-refractivity contribution < 1.29 is 14.3 Å². The van der Waals surface area contributed by atoms with Crippen LogP contribution in [0, 0.1) is 0 Å². The van der Waals surface area contributed by atoms with E-state index in [-0.39, 0.29) is 30.7 Å². The first-order chi connectivity index (χ1) is 7.99. The van der Waals surface area contributed by atoms with Crippen LogP contribution in [0.2, 0.25) is 5.02 Å². The van der Waals surface area contributed by atoms with Gasteiger partial charge in [-0.3, -0.25) is 9.59 Å². The summed E-state index contributed by atoms with van der Waals surface area (Å²) in [5.74, 6) is -0.426. The highest BCUT2D eigenvalue weighted by Gasteiger charge is 2.11. The third-order valence-electron chi connectivity index (χ3n) is 2.09. The highest BCUT2D eigenvalue weighted by molar-refractivity contribution is 6.30. The molecule has 0 saturated carbocycles. The lowest BCUT2D eigenvalue weighted by Crippen LogP contribution is -2.12. The Morgan fingerprint density at radius 2 is 1.76 bits per heavy atom. The molecule has 0 heterocycles. The fraction of sp³-hybridized carbons (Fsp3) is 0.385. The zero-order valence-electron chi connectivity index (χ0n) is 9.90. The SMILES string of the molecule is CC(C)OC(=O)CCC(=O)c1ccc(Cl)cc1. The van der Waals surface area contributed by atoms with Gasteiger partial charge in [-0.25, -0.2) is 0 Å². The van der Waals surface area contributed by atoms with E-state index in [1.165, 1.54) is 0 Å². The van der Waals surface area contributed by atoms with Crippen LogP contribution < -0.4 is 0 Å². The molecule has 0 saturated heterocycles. The second-order valence-corrected chi connectivity index (χ2v) is 4.41. The van der Waals surface area contributed by atoms with Gasteiger partial charge in [0.25, 0.3) is 0 Å². The van der Waals surface area contributed by atoms with Gasteiger partial charge in [-0.05, 0) is 38.1 Å². The molecule has 1 aromatic carbocycles. The molecule has 1 aromatic rings. The Hall–Kier alpha value is -1.35. The number of ketones is 1. The summed E-state index contributed by atoms with van der Waals surface area (Å²) in [7, 11) is 0. The van der Waals surface area contributed by atoms with Crippen LogP contribution in [0.15, 0.2) is 24.3 Å². The molecule has 0 fully saturated rings. The van der Waals surface area contributed by atoms with Crippen LogP contribution in [0.3, 0.4) is 0 Å². The summed E-state index contributed by atoms with van der Waals surface area (Å²) in [5.41, 5.74) is 0.562. The second-order valence-electron chi connectivity index (χ2n) is 3.97. The Labute approximate surface area is 106 Å². The Bertz CT molecular complexity index is 396. The summed E-state index contributed by atoms with van der Waals surface area (Å²) in [6.45, 7) is 3.55. The average molecular weight is 255 g/mol. The van der Waals surface area contributed by atoms with E-state index >= 15 is 0 Å². The molecule has 0 radical (unpaired) electrons. The molecule has 0 amide bonds. The highest BCUT2D eigenvalue weighted by Crippen LogP contribution is 2.12. The molecule has 0 aliphatic rings. The number of halogens is 1. The van der Waals surface area contributed by atoms with Crippen molar-refractivity contribution in [3.63, 3.8) is 0 Å². The molecule has 4 heteroatoms. The van der Waals surface area contributed by atoms with Gasteiger partial charge in [0.15, 0.2) is 5.78 Å². The minimum Gasteiger partial charge on any atom is -0.463 e. The molecule has 17 heavy (non-hydrogen) atoms. The van der Waals surface area contributed by atoms with Gasteiger partial charge in [-0.2, -0.15) is 0 Å². The maximum atomic E-state index is 11.7. The van der Waals surface area contributed by atoms with E-state index < -0.39 is 0 Å². The van der Waals surface area contributed by atoms with Crippen LogP contribution >= 0.6 is 11.6 Å². The molecule has 0 N–H and O–H groups in total. The zero-order valence-corrected chi connectivity index (χ0v) is 10.7. The van der Waals surface area contributed by atoms with Gasteiger partial charge in [0.05, 0.1) is 12.5 Å². The maximum absolute atomic E-state index is 11.7. The van der Waals surface area contributed by atoms with E-state index in [1.807, 2.05) is 0 Å². The molecule has 92 valence electrons. The van der Waals surface area contributed by atoms with Gasteiger partial charge in [0.2, 0.25) is 0 Å². The van der Waals surface area contributed by atoms with Crippen LogP contribution in [-0.2, 0) is 9.53 Å². The van der Waals surface area contributed by atoms with Crippen LogP contribution in [0.5, 0.6) is 0 Å². The number of Topliss-reactive ketones (excluding diaryl/α,β-unsaturated/α-hetero) is 1. The Morgan fingerprint density at radius 3 is 2.29 bits per heavy atom. The van der Waals surface area contributed by atoms with Crippen molar-refractivity contribution in [1.29, 1.82) is 0 Å². The summed E-state index contributed by atoms with van der Waals surface area (Å²) in [5, 5.41) is 0.584. The summed E-state index contributed by atoms with van der Waals surface area (Å²) in [6.07, 6.45) is 0.125. The number of ether oxygens (including phenoxy) is 1. The number of hydrogen-bond donors (Lipinski definition) is 0. The smallest absolute Gasteiger partial charge is 0.306 e. The molecule has 0 atom stereocenters. The van der Waals surface area contributed by atoms with Crippen molar-refractivity contribution in [3.05, 3.63) is 34.9 Å². The average Bonchev–Trinajstić information content (AvgIpc) is 2.26. The molecule has 0 aromatic heterocycles. The van der Waals surface area contributed by atoms with Crippen LogP contribution in [0.1, 0.15) is 37.0 Å². The molecule has 0 bridgehead atoms. The Morgan fingerprint density at radius 1 is 1.18 bits per heavy atom. The third kappa shape index (κ3) is 5.00. The second kappa shape index (κ2) is 6.40. The standard InChI is InChI=1S/C13H15ClO3/c1-9(2)17-13(16)8-7-12(15)10-3-5-11(14)6-4-10/h3-6,9H,7-8H2,1-2H3. The van der Waals surface area contributed by atoms with Crippen LogP contribution in [0.25, 0.3) is 0 Å². The largest absolute Gasteiger partial charge is 0.463 e. The van der Waals surface area contributed by atoms with Gasteiger partial charge in [0, 0.05) is 17.0 Å². The minimum absolute atomic E-state index is 0.0811. The van der Waals surface area contributed by atoms with Gasteiger partial charge < -0.3 is 4.74 Å². The normalized spacial score (nSPS) is 10.4. The van der Waals surface area contributed by atoms with Gasteiger partial charge >= 0.3 is 5.97 Å². The number of hydrogen-bond acceptors (Lipinski definition) is 3. The highest BCUT2D eigenvalue weighted by atomic mass is 35.5. The van der Waals surface area contributed by atoms with E-state index in [1.54, 1.807) is 38.1 Å². The van der Waals surface area contributed by atoms with Crippen LogP contribution in [0.4, 0.5) is 0 Å². The number of rotatable bonds is 5. The lowest BCUT2D eigenvalue weighted by molar-refractivity contribution is -0.147. The molecular weight excluding hydrogens is 240 g/mol. The minimum atomic E-state index is -0.345. The molecular formula is C13H15ClO3. The number of carbonyl (C=O) groups is 2. The number of carbonyl (C=O) groups excluding carboxylic acids is 2. The van der Waals surface area contributed by atoms with Crippen LogP contribution in [-0.4, -0.2) is 17.9 Å². The molecule has 0 aliphatic heterocycles. The van der Waals surface area contributed by atoms with E-state index in [0.29, 0.717) is 10.6 Å². The zero-order chi connectivity index (χ0) is 12.8. The summed E-state index contributed by atoms with van der Waals surface area (Å²) in [4.78, 5) is 22.9. The molecule has 0 spiro atoms. The Kier molecular flexibility index (Phi) is 5.16. The Balaban J connectivity index is 2.45. The predicted octanol–water partition coefficient (Wildman–Crippen LogP) is 3.25. The van der Waals surface area contributed by atoms with E-state index in [4.69, 9.17) is 16.3 Å². The first-order valence-corrected chi connectivity index (χ1v) is 5.85. The lowest BCUT2D eigenvalue weighted by atomic mass is 10.1. The maximum Gasteiger partial charge on any atom is 0.306 e. The van der Waals surface area contributed by atoms with Crippen molar-refractivity contribution in [2.24, 2.45) is 0 Å². The topological polar surface area (TPSA) is 43.4 Å². The van der Waals surface area contributed by atoms with Crippen molar-refractivity contribution >= 4 is 23.4 Å². The van der Waals surface area contributed by atoms with Gasteiger partial charge in [-0.1, -0.05) is 11.6 Å². The van der Waals surface area contributed by atoms with E-state index in [0.717, 1.165) is 0 Å². The summed E-state index contributed by atoms with van der Waals surface area (Å²) < 4.78 is 4.94. The van der Waals surface area contributed by atoms with Crippen molar-refractivity contribution in [3.8, 4) is 0 Å². The third-order valence-corrected chi connectivity index (χ3v) is 2.34. The summed E-state index contributed by atoms with van der Waals surface area (Å²) >= 11 is 5.72. The number of benzene rings is 1. The lowest BCUT2D eigenvalue weighted by Gasteiger charge is -2.07. The first kappa shape index (κ1) is 13.7. The molecule has 0 unspecified atom stereocenters. The summed E-state index contributed by atoms with van der Waals surface area (Å²) in [6, 6.07) is 6.61.